The summed E-state index contributed by atoms with van der Waals surface area (Å²) in [6.07, 6.45) is 1.76. The quantitative estimate of drug-likeness (QED) is 0.330. The summed E-state index contributed by atoms with van der Waals surface area (Å²) in [4.78, 5) is 14.9. The molecule has 2 aromatic rings. The average molecular weight is 519 g/mol. The van der Waals surface area contributed by atoms with Crippen molar-refractivity contribution >= 4 is 85.1 Å². The zero-order valence-corrected chi connectivity index (χ0v) is 19.5. The number of carbonyl (C=O) groups excluding carboxylic acids is 1. The Hall–Kier alpha value is -1.25. The van der Waals surface area contributed by atoms with Crippen LogP contribution in [0.15, 0.2) is 39.7 Å². The Kier molecular flexibility index (Phi) is 6.94. The number of nitrogens with zero attached hydrogens (tertiary/aromatic N) is 1. The fourth-order valence-corrected chi connectivity index (χ4v) is 4.77. The first kappa shape index (κ1) is 21.5. The number of benzene rings is 2. The van der Waals surface area contributed by atoms with Crippen molar-refractivity contribution in [1.29, 1.82) is 0 Å². The van der Waals surface area contributed by atoms with Crippen LogP contribution in [-0.4, -0.2) is 23.9 Å². The largest absolute Gasteiger partial charge is 0.493 e. The van der Waals surface area contributed by atoms with Crippen LogP contribution in [-0.2, 0) is 4.79 Å². The van der Waals surface area contributed by atoms with Crippen molar-refractivity contribution in [2.24, 2.45) is 0 Å². The molecule has 1 amide bonds. The van der Waals surface area contributed by atoms with E-state index in [9.17, 15) is 4.79 Å². The molecule has 0 atom stereocenters. The number of anilines is 1. The molecule has 0 radical (unpaired) electrons. The minimum Gasteiger partial charge on any atom is -0.493 e. The number of hydrogen-bond donors (Lipinski definition) is 0. The van der Waals surface area contributed by atoms with Gasteiger partial charge in [-0.3, -0.25) is 9.69 Å². The van der Waals surface area contributed by atoms with Gasteiger partial charge in [0.1, 0.15) is 0 Å². The maximum Gasteiger partial charge on any atom is 0.270 e. The van der Waals surface area contributed by atoms with Crippen molar-refractivity contribution in [2.75, 3.05) is 18.6 Å². The van der Waals surface area contributed by atoms with Crippen LogP contribution in [0.5, 0.6) is 11.5 Å². The number of carbonyl (C=O) groups is 1. The number of methoxy groups -OCH3 is 1. The van der Waals surface area contributed by atoms with Crippen LogP contribution < -0.4 is 14.4 Å². The van der Waals surface area contributed by atoms with Crippen LogP contribution in [0.3, 0.4) is 0 Å². The molecule has 0 N–H and O–H groups in total. The lowest BCUT2D eigenvalue weighted by molar-refractivity contribution is -0.113. The van der Waals surface area contributed by atoms with Gasteiger partial charge in [-0.15, -0.1) is 0 Å². The van der Waals surface area contributed by atoms with E-state index in [1.54, 1.807) is 37.5 Å². The van der Waals surface area contributed by atoms with E-state index in [0.717, 1.165) is 10.0 Å². The molecule has 1 saturated heterocycles. The molecular weight excluding hydrogens is 505 g/mol. The third-order valence-electron chi connectivity index (χ3n) is 3.81. The highest BCUT2D eigenvalue weighted by atomic mass is 79.9. The van der Waals surface area contributed by atoms with Gasteiger partial charge in [0.25, 0.3) is 5.91 Å². The molecule has 0 spiro atoms. The first-order valence-electron chi connectivity index (χ1n) is 8.09. The van der Waals surface area contributed by atoms with E-state index < -0.39 is 0 Å². The number of ether oxygens (including phenoxy) is 2. The first-order chi connectivity index (χ1) is 13.3. The van der Waals surface area contributed by atoms with E-state index in [1.807, 2.05) is 13.0 Å². The van der Waals surface area contributed by atoms with Gasteiger partial charge < -0.3 is 9.47 Å². The molecule has 1 aliphatic heterocycles. The molecule has 0 bridgehead atoms. The molecule has 9 heteroatoms. The van der Waals surface area contributed by atoms with Crippen LogP contribution in [0, 0.1) is 0 Å². The van der Waals surface area contributed by atoms with Crippen molar-refractivity contribution < 1.29 is 14.3 Å². The molecule has 2 aromatic carbocycles. The van der Waals surface area contributed by atoms with E-state index in [1.165, 1.54) is 16.7 Å². The third kappa shape index (κ3) is 4.33. The van der Waals surface area contributed by atoms with E-state index in [2.05, 4.69) is 15.9 Å². The van der Waals surface area contributed by atoms with E-state index >= 15 is 0 Å². The number of amides is 1. The smallest absolute Gasteiger partial charge is 0.270 e. The van der Waals surface area contributed by atoms with Crippen molar-refractivity contribution in [1.82, 2.24) is 0 Å². The molecule has 0 unspecified atom stereocenters. The van der Waals surface area contributed by atoms with Gasteiger partial charge in [0.15, 0.2) is 15.8 Å². The fraction of sp³-hybridized carbons (Fsp3) is 0.158. The highest BCUT2D eigenvalue weighted by molar-refractivity contribution is 9.10. The molecule has 0 aromatic heterocycles. The maximum atomic E-state index is 13.0. The third-order valence-corrected chi connectivity index (χ3v) is 6.34. The highest BCUT2D eigenvalue weighted by Crippen LogP contribution is 2.41. The number of thioether (sulfide) groups is 1. The van der Waals surface area contributed by atoms with Gasteiger partial charge in [-0.25, -0.2) is 0 Å². The second-order valence-corrected chi connectivity index (χ2v) is 8.94. The zero-order chi connectivity index (χ0) is 20.4. The number of thiocarbonyl (C=S) groups is 1. The summed E-state index contributed by atoms with van der Waals surface area (Å²) in [5.41, 5.74) is 1.27. The average Bonchev–Trinajstić information content (AvgIpc) is 2.91. The standard InChI is InChI=1S/C19H14BrCl2NO3S2/c1-3-26-16-9-12(20)10(6-15(16)25-2)7-17-18(24)23(19(27)28-17)14-5-4-11(21)8-13(14)22/h4-9H,3H2,1-2H3/b17-7+. The van der Waals surface area contributed by atoms with Gasteiger partial charge in [-0.05, 0) is 48.9 Å². The van der Waals surface area contributed by atoms with E-state index in [-0.39, 0.29) is 5.91 Å². The lowest BCUT2D eigenvalue weighted by Gasteiger charge is -2.16. The summed E-state index contributed by atoms with van der Waals surface area (Å²) in [7, 11) is 1.57. The number of halogens is 3. The molecular formula is C19H14BrCl2NO3S2. The summed E-state index contributed by atoms with van der Waals surface area (Å²) in [5.74, 6) is 0.945. The SMILES string of the molecule is CCOc1cc(Br)c(/C=C2/SC(=S)N(c3ccc(Cl)cc3Cl)C2=O)cc1OC. The Morgan fingerprint density at radius 2 is 2.00 bits per heavy atom. The molecule has 1 heterocycles. The molecule has 4 nitrogen and oxygen atoms in total. The van der Waals surface area contributed by atoms with Gasteiger partial charge in [-0.1, -0.05) is 63.1 Å². The van der Waals surface area contributed by atoms with Crippen molar-refractivity contribution in [3.05, 3.63) is 55.3 Å². The monoisotopic (exact) mass is 517 g/mol. The van der Waals surface area contributed by atoms with Crippen LogP contribution in [0.4, 0.5) is 5.69 Å². The first-order valence-corrected chi connectivity index (χ1v) is 10.9. The van der Waals surface area contributed by atoms with Crippen molar-refractivity contribution in [3.63, 3.8) is 0 Å². The normalized spacial score (nSPS) is 15.5. The Morgan fingerprint density at radius 1 is 1.25 bits per heavy atom. The van der Waals surface area contributed by atoms with Crippen LogP contribution in [0.1, 0.15) is 12.5 Å². The number of rotatable bonds is 5. The van der Waals surface area contributed by atoms with Crippen molar-refractivity contribution in [2.45, 2.75) is 6.92 Å². The van der Waals surface area contributed by atoms with Crippen molar-refractivity contribution in [3.8, 4) is 11.5 Å². The summed E-state index contributed by atoms with van der Waals surface area (Å²) in [6.45, 7) is 2.41. The lowest BCUT2D eigenvalue weighted by atomic mass is 10.1. The predicted octanol–water partition coefficient (Wildman–Crippen LogP) is 6.57. The Balaban J connectivity index is 1.98. The van der Waals surface area contributed by atoms with Gasteiger partial charge in [-0.2, -0.15) is 0 Å². The fourth-order valence-electron chi connectivity index (χ4n) is 2.57. The Morgan fingerprint density at radius 3 is 2.64 bits per heavy atom. The minimum atomic E-state index is -0.251. The summed E-state index contributed by atoms with van der Waals surface area (Å²) in [5, 5.41) is 0.842. The predicted molar refractivity (Wildman–Crippen MR) is 124 cm³/mol. The molecule has 1 fully saturated rings. The zero-order valence-electron chi connectivity index (χ0n) is 14.8. The highest BCUT2D eigenvalue weighted by Gasteiger charge is 2.34. The summed E-state index contributed by atoms with van der Waals surface area (Å²) >= 11 is 22.3. The lowest BCUT2D eigenvalue weighted by Crippen LogP contribution is -2.27. The second-order valence-electron chi connectivity index (χ2n) is 5.57. The summed E-state index contributed by atoms with van der Waals surface area (Å²) < 4.78 is 12.1. The maximum absolute atomic E-state index is 13.0. The molecule has 146 valence electrons. The van der Waals surface area contributed by atoms with E-state index in [0.29, 0.717) is 43.1 Å². The van der Waals surface area contributed by atoms with Crippen LogP contribution >= 0.6 is 63.1 Å². The van der Waals surface area contributed by atoms with Crippen LogP contribution in [0.2, 0.25) is 10.0 Å². The van der Waals surface area contributed by atoms with Crippen LogP contribution in [0.25, 0.3) is 6.08 Å². The van der Waals surface area contributed by atoms with Gasteiger partial charge in [0.2, 0.25) is 0 Å². The van der Waals surface area contributed by atoms with Gasteiger partial charge in [0.05, 0.1) is 29.3 Å². The Labute approximate surface area is 190 Å². The molecule has 1 aliphatic rings. The second kappa shape index (κ2) is 9.05. The number of hydrogen-bond acceptors (Lipinski definition) is 5. The van der Waals surface area contributed by atoms with Gasteiger partial charge >= 0.3 is 0 Å². The molecule has 28 heavy (non-hydrogen) atoms. The molecule has 0 saturated carbocycles. The summed E-state index contributed by atoms with van der Waals surface area (Å²) in [6, 6.07) is 8.53. The minimum absolute atomic E-state index is 0.251. The molecule has 0 aliphatic carbocycles. The molecule has 3 rings (SSSR count). The Bertz CT molecular complexity index is 997. The van der Waals surface area contributed by atoms with E-state index in [4.69, 9.17) is 44.9 Å². The van der Waals surface area contributed by atoms with Gasteiger partial charge in [0, 0.05) is 9.50 Å². The topological polar surface area (TPSA) is 38.8 Å².